The lowest BCUT2D eigenvalue weighted by Crippen LogP contribution is -2.50. The fourth-order valence-electron chi connectivity index (χ4n) is 2.85. The van der Waals surface area contributed by atoms with E-state index in [9.17, 15) is 14.0 Å². The summed E-state index contributed by atoms with van der Waals surface area (Å²) in [5.41, 5.74) is 0.487. The minimum absolute atomic E-state index is 0.121. The van der Waals surface area contributed by atoms with Crippen molar-refractivity contribution in [2.45, 2.75) is 0 Å². The molecule has 2 amide bonds. The smallest absolute Gasteiger partial charge is 0.243 e. The van der Waals surface area contributed by atoms with Gasteiger partial charge in [-0.25, -0.2) is 9.37 Å². The second-order valence-corrected chi connectivity index (χ2v) is 6.28. The number of pyridine rings is 1. The van der Waals surface area contributed by atoms with Crippen molar-refractivity contribution in [1.82, 2.24) is 15.2 Å². The summed E-state index contributed by atoms with van der Waals surface area (Å²) in [6.45, 7) is 3.24. The van der Waals surface area contributed by atoms with E-state index in [4.69, 9.17) is 0 Å². The maximum absolute atomic E-state index is 12.8. The summed E-state index contributed by atoms with van der Waals surface area (Å²) >= 11 is 0. The Hall–Kier alpha value is -3.00. The maximum Gasteiger partial charge on any atom is 0.243 e. The quantitative estimate of drug-likeness (QED) is 0.795. The lowest BCUT2D eigenvalue weighted by atomic mass is 10.3. The standard InChI is InChI=1S/C19H22FN5O2/c20-15-4-6-16(7-5-15)23-18(26)13-22-19(27)14-24-9-11-25(12-10-24)17-3-1-2-8-21-17/h1-8H,9-14H2,(H,22,27)(H,23,26). The van der Waals surface area contributed by atoms with Crippen molar-refractivity contribution in [2.75, 3.05) is 49.5 Å². The third kappa shape index (κ3) is 5.75. The van der Waals surface area contributed by atoms with Gasteiger partial charge in [0.2, 0.25) is 11.8 Å². The van der Waals surface area contributed by atoms with Gasteiger partial charge in [-0.3, -0.25) is 14.5 Å². The first-order chi connectivity index (χ1) is 13.1. The van der Waals surface area contributed by atoms with Crippen LogP contribution in [0, 0.1) is 5.82 Å². The van der Waals surface area contributed by atoms with Gasteiger partial charge in [0.05, 0.1) is 13.1 Å². The van der Waals surface area contributed by atoms with Gasteiger partial charge >= 0.3 is 0 Å². The highest BCUT2D eigenvalue weighted by atomic mass is 19.1. The summed E-state index contributed by atoms with van der Waals surface area (Å²) in [6.07, 6.45) is 1.77. The minimum Gasteiger partial charge on any atom is -0.354 e. The molecule has 0 bridgehead atoms. The van der Waals surface area contributed by atoms with Crippen molar-refractivity contribution in [3.8, 4) is 0 Å². The molecule has 1 aliphatic heterocycles. The lowest BCUT2D eigenvalue weighted by Gasteiger charge is -2.34. The van der Waals surface area contributed by atoms with Gasteiger partial charge in [-0.1, -0.05) is 6.07 Å². The van der Waals surface area contributed by atoms with E-state index in [0.29, 0.717) is 5.69 Å². The molecule has 0 radical (unpaired) electrons. The third-order valence-corrected chi connectivity index (χ3v) is 4.29. The average molecular weight is 371 g/mol. The number of hydrogen-bond donors (Lipinski definition) is 2. The van der Waals surface area contributed by atoms with Gasteiger partial charge in [-0.05, 0) is 36.4 Å². The number of halogens is 1. The van der Waals surface area contributed by atoms with Crippen LogP contribution in [0.3, 0.4) is 0 Å². The maximum atomic E-state index is 12.8. The lowest BCUT2D eigenvalue weighted by molar-refractivity contribution is -0.125. The third-order valence-electron chi connectivity index (χ3n) is 4.29. The molecule has 0 saturated carbocycles. The number of carbonyl (C=O) groups excluding carboxylic acids is 2. The van der Waals surface area contributed by atoms with Gasteiger partial charge in [0, 0.05) is 38.1 Å². The number of benzene rings is 1. The Morgan fingerprint density at radius 2 is 1.74 bits per heavy atom. The number of carbonyl (C=O) groups is 2. The average Bonchev–Trinajstić information content (AvgIpc) is 2.69. The van der Waals surface area contributed by atoms with Crippen LogP contribution in [0.25, 0.3) is 0 Å². The minimum atomic E-state index is -0.371. The molecule has 3 rings (SSSR count). The first-order valence-corrected chi connectivity index (χ1v) is 8.80. The van der Waals surface area contributed by atoms with Gasteiger partial charge < -0.3 is 15.5 Å². The molecule has 142 valence electrons. The van der Waals surface area contributed by atoms with Crippen molar-refractivity contribution in [3.05, 3.63) is 54.5 Å². The second-order valence-electron chi connectivity index (χ2n) is 6.28. The zero-order valence-corrected chi connectivity index (χ0v) is 14.9. The van der Waals surface area contributed by atoms with Crippen LogP contribution in [-0.4, -0.2) is 61.0 Å². The molecule has 7 nitrogen and oxygen atoms in total. The number of aromatic nitrogens is 1. The molecule has 2 N–H and O–H groups in total. The SMILES string of the molecule is O=C(CN1CCN(c2ccccn2)CC1)NCC(=O)Nc1ccc(F)cc1. The molecule has 0 aliphatic carbocycles. The first-order valence-electron chi connectivity index (χ1n) is 8.80. The second kappa shape index (κ2) is 9.09. The highest BCUT2D eigenvalue weighted by molar-refractivity contribution is 5.94. The first kappa shape index (κ1) is 18.8. The molecule has 0 atom stereocenters. The Kier molecular flexibility index (Phi) is 6.32. The van der Waals surface area contributed by atoms with Crippen LogP contribution in [0.4, 0.5) is 15.9 Å². The van der Waals surface area contributed by atoms with Crippen LogP contribution < -0.4 is 15.5 Å². The van der Waals surface area contributed by atoms with E-state index in [2.05, 4.69) is 20.5 Å². The van der Waals surface area contributed by atoms with E-state index in [1.807, 2.05) is 23.1 Å². The normalized spacial score (nSPS) is 14.6. The predicted molar refractivity (Wildman–Crippen MR) is 101 cm³/mol. The Morgan fingerprint density at radius 3 is 2.41 bits per heavy atom. The van der Waals surface area contributed by atoms with E-state index in [1.54, 1.807) is 6.20 Å². The van der Waals surface area contributed by atoms with Crippen LogP contribution in [0.15, 0.2) is 48.7 Å². The molecule has 1 aromatic heterocycles. The summed E-state index contributed by atoms with van der Waals surface area (Å²) in [5, 5.41) is 5.22. The molecule has 0 spiro atoms. The van der Waals surface area contributed by atoms with Crippen LogP contribution in [0.5, 0.6) is 0 Å². The molecule has 2 heterocycles. The number of anilines is 2. The van der Waals surface area contributed by atoms with E-state index in [0.717, 1.165) is 32.0 Å². The Morgan fingerprint density at radius 1 is 1.00 bits per heavy atom. The van der Waals surface area contributed by atoms with Crippen LogP contribution >= 0.6 is 0 Å². The summed E-state index contributed by atoms with van der Waals surface area (Å²) in [4.78, 5) is 32.5. The van der Waals surface area contributed by atoms with E-state index < -0.39 is 0 Å². The Balaban J connectivity index is 1.36. The molecule has 2 aromatic rings. The van der Waals surface area contributed by atoms with Gasteiger partial charge in [0.25, 0.3) is 0 Å². The number of rotatable bonds is 6. The molecule has 0 unspecified atom stereocenters. The highest BCUT2D eigenvalue weighted by Crippen LogP contribution is 2.12. The largest absolute Gasteiger partial charge is 0.354 e. The van der Waals surface area contributed by atoms with Gasteiger partial charge in [-0.15, -0.1) is 0 Å². The topological polar surface area (TPSA) is 77.6 Å². The van der Waals surface area contributed by atoms with Gasteiger partial charge in [-0.2, -0.15) is 0 Å². The number of nitrogens with zero attached hydrogens (tertiary/aromatic N) is 3. The van der Waals surface area contributed by atoms with E-state index in [-0.39, 0.29) is 30.7 Å². The summed E-state index contributed by atoms with van der Waals surface area (Å²) < 4.78 is 12.8. The molecular formula is C19H22FN5O2. The highest BCUT2D eigenvalue weighted by Gasteiger charge is 2.19. The van der Waals surface area contributed by atoms with Gasteiger partial charge in [0.1, 0.15) is 11.6 Å². The molecule has 8 heteroatoms. The van der Waals surface area contributed by atoms with E-state index >= 15 is 0 Å². The molecule has 1 aromatic carbocycles. The van der Waals surface area contributed by atoms with Crippen molar-refractivity contribution in [2.24, 2.45) is 0 Å². The zero-order chi connectivity index (χ0) is 19.1. The van der Waals surface area contributed by atoms with Crippen molar-refractivity contribution in [3.63, 3.8) is 0 Å². The number of hydrogen-bond acceptors (Lipinski definition) is 5. The number of amides is 2. The monoisotopic (exact) mass is 371 g/mol. The van der Waals surface area contributed by atoms with E-state index in [1.165, 1.54) is 24.3 Å². The molecular weight excluding hydrogens is 349 g/mol. The summed E-state index contributed by atoms with van der Waals surface area (Å²) in [7, 11) is 0. The predicted octanol–water partition coefficient (Wildman–Crippen LogP) is 1.10. The summed E-state index contributed by atoms with van der Waals surface area (Å²) in [6, 6.07) is 11.3. The fraction of sp³-hybridized carbons (Fsp3) is 0.316. The van der Waals surface area contributed by atoms with Crippen molar-refractivity contribution in [1.29, 1.82) is 0 Å². The van der Waals surface area contributed by atoms with Crippen molar-refractivity contribution < 1.29 is 14.0 Å². The number of nitrogens with one attached hydrogen (secondary N) is 2. The Labute approximate surface area is 157 Å². The molecule has 1 saturated heterocycles. The molecule has 27 heavy (non-hydrogen) atoms. The molecule has 1 fully saturated rings. The van der Waals surface area contributed by atoms with Crippen LogP contribution in [0.2, 0.25) is 0 Å². The number of piperazine rings is 1. The molecule has 1 aliphatic rings. The summed E-state index contributed by atoms with van der Waals surface area (Å²) in [5.74, 6) is 0.0222. The Bertz CT molecular complexity index is 761. The van der Waals surface area contributed by atoms with Crippen LogP contribution in [-0.2, 0) is 9.59 Å². The fourth-order valence-corrected chi connectivity index (χ4v) is 2.85. The van der Waals surface area contributed by atoms with Crippen molar-refractivity contribution >= 4 is 23.3 Å². The van der Waals surface area contributed by atoms with Crippen LogP contribution in [0.1, 0.15) is 0 Å². The zero-order valence-electron chi connectivity index (χ0n) is 14.9. The van der Waals surface area contributed by atoms with Gasteiger partial charge in [0.15, 0.2) is 0 Å².